The van der Waals surface area contributed by atoms with Crippen molar-refractivity contribution in [1.29, 1.82) is 0 Å². The number of carbonyl (C=O) groups is 1. The molecule has 24 heavy (non-hydrogen) atoms. The van der Waals surface area contributed by atoms with Crippen molar-refractivity contribution in [3.63, 3.8) is 0 Å². The Morgan fingerprint density at radius 2 is 2.17 bits per heavy atom. The normalized spacial score (nSPS) is 22.4. The molecule has 2 heterocycles. The predicted molar refractivity (Wildman–Crippen MR) is 87.2 cm³/mol. The maximum Gasteiger partial charge on any atom is 0.200 e. The fraction of sp³-hybridized carbons (Fsp3) is 0.375. The van der Waals surface area contributed by atoms with Crippen LogP contribution in [0.15, 0.2) is 30.6 Å². The quantitative estimate of drug-likeness (QED) is 0.836. The van der Waals surface area contributed by atoms with Crippen molar-refractivity contribution in [1.82, 2.24) is 9.78 Å². The van der Waals surface area contributed by atoms with Gasteiger partial charge in [0.15, 0.2) is 15.6 Å². The molecule has 0 radical (unpaired) electrons. The Bertz CT molecular complexity index is 903. The van der Waals surface area contributed by atoms with Crippen molar-refractivity contribution < 1.29 is 23.1 Å². The van der Waals surface area contributed by atoms with E-state index in [4.69, 9.17) is 4.74 Å². The van der Waals surface area contributed by atoms with E-state index < -0.39 is 21.2 Å². The number of sulfone groups is 1. The summed E-state index contributed by atoms with van der Waals surface area (Å²) >= 11 is 0. The van der Waals surface area contributed by atoms with Crippen LogP contribution in [0, 0.1) is 0 Å². The van der Waals surface area contributed by atoms with E-state index in [9.17, 15) is 18.3 Å². The summed E-state index contributed by atoms with van der Waals surface area (Å²) in [6, 6.07) is 4.40. The summed E-state index contributed by atoms with van der Waals surface area (Å²) in [6.07, 6.45) is 3.37. The number of ether oxygens (including phenoxy) is 1. The van der Waals surface area contributed by atoms with Gasteiger partial charge in [-0.15, -0.1) is 0 Å². The summed E-state index contributed by atoms with van der Waals surface area (Å²) in [7, 11) is -1.61. The van der Waals surface area contributed by atoms with Crippen molar-refractivity contribution in [2.24, 2.45) is 0 Å². The molecular formula is C16H18N2O5S. The fourth-order valence-corrected chi connectivity index (χ4v) is 5.01. The molecule has 1 saturated heterocycles. The second-order valence-electron chi connectivity index (χ2n) is 6.22. The van der Waals surface area contributed by atoms with E-state index in [-0.39, 0.29) is 28.4 Å². The molecule has 0 spiro atoms. The molecule has 0 saturated carbocycles. The minimum Gasteiger partial charge on any atom is -0.507 e. The zero-order chi connectivity index (χ0) is 17.5. The monoisotopic (exact) mass is 350 g/mol. The van der Waals surface area contributed by atoms with E-state index >= 15 is 0 Å². The number of benzene rings is 1. The van der Waals surface area contributed by atoms with E-state index in [0.29, 0.717) is 12.2 Å². The summed E-state index contributed by atoms with van der Waals surface area (Å²) < 4.78 is 30.1. The number of rotatable bonds is 4. The number of phenols is 1. The third-order valence-corrected chi connectivity index (χ3v) is 6.22. The van der Waals surface area contributed by atoms with Gasteiger partial charge in [-0.2, -0.15) is 5.10 Å². The Kier molecular flexibility index (Phi) is 3.87. The van der Waals surface area contributed by atoms with Crippen LogP contribution in [0.3, 0.4) is 0 Å². The zero-order valence-corrected chi connectivity index (χ0v) is 14.2. The lowest BCUT2D eigenvalue weighted by atomic mass is 10.0. The SMILES string of the molecule is COc1ccc(O)c(C(=O)c2cnn([C@@]3(C)CCS(=O)(=O)C3)c2)c1. The van der Waals surface area contributed by atoms with Crippen LogP contribution in [0.2, 0.25) is 0 Å². The molecule has 1 aromatic heterocycles. The van der Waals surface area contributed by atoms with Crippen molar-refractivity contribution in [3.8, 4) is 11.5 Å². The van der Waals surface area contributed by atoms with Gasteiger partial charge in [0.1, 0.15) is 11.5 Å². The first-order chi connectivity index (χ1) is 11.2. The summed E-state index contributed by atoms with van der Waals surface area (Å²) in [5.41, 5.74) is -0.268. The number of carbonyl (C=O) groups excluding carboxylic acids is 1. The van der Waals surface area contributed by atoms with Crippen molar-refractivity contribution >= 4 is 15.6 Å². The lowest BCUT2D eigenvalue weighted by Crippen LogP contribution is -2.31. The van der Waals surface area contributed by atoms with Crippen LogP contribution in [0.1, 0.15) is 29.3 Å². The van der Waals surface area contributed by atoms with Gasteiger partial charge in [0.05, 0.1) is 41.5 Å². The van der Waals surface area contributed by atoms with Crippen LogP contribution in [0.5, 0.6) is 11.5 Å². The van der Waals surface area contributed by atoms with Gasteiger partial charge in [-0.05, 0) is 31.5 Å². The Hall–Kier alpha value is -2.35. The summed E-state index contributed by atoms with van der Waals surface area (Å²) in [5.74, 6) is 0.0194. The first-order valence-corrected chi connectivity index (χ1v) is 9.23. The molecule has 1 aliphatic heterocycles. The molecule has 128 valence electrons. The van der Waals surface area contributed by atoms with Gasteiger partial charge < -0.3 is 9.84 Å². The van der Waals surface area contributed by atoms with Crippen LogP contribution in [0.25, 0.3) is 0 Å². The van der Waals surface area contributed by atoms with E-state index in [1.807, 2.05) is 6.92 Å². The summed E-state index contributed by atoms with van der Waals surface area (Å²) in [4.78, 5) is 12.6. The fourth-order valence-electron chi connectivity index (χ4n) is 2.89. The molecule has 1 atom stereocenters. The molecule has 1 aromatic carbocycles. The molecule has 1 N–H and O–H groups in total. The highest BCUT2D eigenvalue weighted by Crippen LogP contribution is 2.31. The van der Waals surface area contributed by atoms with Gasteiger partial charge in [-0.3, -0.25) is 9.48 Å². The standard InChI is InChI=1S/C16H18N2O5S/c1-16(5-6-24(21,22)10-16)18-9-11(8-17-18)15(20)13-7-12(23-2)3-4-14(13)19/h3-4,7-9,19H,5-6,10H2,1-2H3/t16-/m0/s1. The minimum atomic E-state index is -3.08. The van der Waals surface area contributed by atoms with E-state index in [2.05, 4.69) is 5.10 Å². The zero-order valence-electron chi connectivity index (χ0n) is 13.4. The van der Waals surface area contributed by atoms with E-state index in [1.165, 1.54) is 36.3 Å². The first kappa shape index (κ1) is 16.5. The van der Waals surface area contributed by atoms with Crippen LogP contribution in [0.4, 0.5) is 0 Å². The third-order valence-electron chi connectivity index (χ3n) is 4.33. The molecule has 0 unspecified atom stereocenters. The molecule has 1 aliphatic rings. The average molecular weight is 350 g/mol. The number of nitrogens with zero attached hydrogens (tertiary/aromatic N) is 2. The number of aromatic nitrogens is 2. The molecule has 7 nitrogen and oxygen atoms in total. The van der Waals surface area contributed by atoms with Crippen LogP contribution < -0.4 is 4.74 Å². The van der Waals surface area contributed by atoms with Gasteiger partial charge in [-0.1, -0.05) is 0 Å². The lowest BCUT2D eigenvalue weighted by Gasteiger charge is -2.22. The van der Waals surface area contributed by atoms with Crippen LogP contribution in [-0.4, -0.2) is 47.7 Å². The number of hydrogen-bond acceptors (Lipinski definition) is 6. The Labute approximate surface area is 139 Å². The molecule has 0 amide bonds. The van der Waals surface area contributed by atoms with E-state index in [0.717, 1.165) is 0 Å². The average Bonchev–Trinajstić information content (AvgIpc) is 3.13. The number of hydrogen-bond donors (Lipinski definition) is 1. The summed E-state index contributed by atoms with van der Waals surface area (Å²) in [6.45, 7) is 1.81. The second-order valence-corrected chi connectivity index (χ2v) is 8.41. The smallest absolute Gasteiger partial charge is 0.200 e. The maximum absolute atomic E-state index is 12.6. The van der Waals surface area contributed by atoms with Gasteiger partial charge in [0.2, 0.25) is 0 Å². The summed E-state index contributed by atoms with van der Waals surface area (Å²) in [5, 5.41) is 14.1. The van der Waals surface area contributed by atoms with Gasteiger partial charge in [0.25, 0.3) is 0 Å². The predicted octanol–water partition coefficient (Wildman–Crippen LogP) is 1.36. The van der Waals surface area contributed by atoms with E-state index in [1.54, 1.807) is 6.07 Å². The minimum absolute atomic E-state index is 0.000277. The van der Waals surface area contributed by atoms with Crippen molar-refractivity contribution in [3.05, 3.63) is 41.7 Å². The molecular weight excluding hydrogens is 332 g/mol. The topological polar surface area (TPSA) is 98.5 Å². The molecule has 0 bridgehead atoms. The highest BCUT2D eigenvalue weighted by Gasteiger charge is 2.40. The Morgan fingerprint density at radius 3 is 2.79 bits per heavy atom. The third kappa shape index (κ3) is 2.89. The lowest BCUT2D eigenvalue weighted by molar-refractivity contribution is 0.103. The van der Waals surface area contributed by atoms with Gasteiger partial charge >= 0.3 is 0 Å². The van der Waals surface area contributed by atoms with Crippen molar-refractivity contribution in [2.45, 2.75) is 18.9 Å². The van der Waals surface area contributed by atoms with Gasteiger partial charge in [0, 0.05) is 6.20 Å². The number of phenolic OH excluding ortho intramolecular Hbond substituents is 1. The number of ketones is 1. The highest BCUT2D eigenvalue weighted by molar-refractivity contribution is 7.91. The van der Waals surface area contributed by atoms with Gasteiger partial charge in [-0.25, -0.2) is 8.42 Å². The Morgan fingerprint density at radius 1 is 1.42 bits per heavy atom. The number of aromatic hydroxyl groups is 1. The highest BCUT2D eigenvalue weighted by atomic mass is 32.2. The second kappa shape index (κ2) is 5.62. The molecule has 0 aliphatic carbocycles. The van der Waals surface area contributed by atoms with Crippen molar-refractivity contribution in [2.75, 3.05) is 18.6 Å². The molecule has 3 rings (SSSR count). The first-order valence-electron chi connectivity index (χ1n) is 7.41. The van der Waals surface area contributed by atoms with Crippen LogP contribution >= 0.6 is 0 Å². The molecule has 2 aromatic rings. The molecule has 1 fully saturated rings. The largest absolute Gasteiger partial charge is 0.507 e. The number of methoxy groups -OCH3 is 1. The maximum atomic E-state index is 12.6. The van der Waals surface area contributed by atoms with Crippen LogP contribution in [-0.2, 0) is 15.4 Å². The Balaban J connectivity index is 1.93. The molecule has 8 heteroatoms.